The Morgan fingerprint density at radius 1 is 1.32 bits per heavy atom. The molecule has 102 valence electrons. The van der Waals surface area contributed by atoms with Crippen LogP contribution in [0.15, 0.2) is 29.2 Å². The van der Waals surface area contributed by atoms with Gasteiger partial charge in [-0.15, -0.1) is 11.8 Å². The summed E-state index contributed by atoms with van der Waals surface area (Å²) in [7, 11) is -2.94. The molecule has 2 aliphatic rings. The lowest BCUT2D eigenvalue weighted by molar-refractivity contribution is -0.121. The van der Waals surface area contributed by atoms with Crippen LogP contribution in [0.25, 0.3) is 0 Å². The molecule has 0 unspecified atom stereocenters. The molecule has 0 radical (unpaired) electrons. The summed E-state index contributed by atoms with van der Waals surface area (Å²) in [6.07, 6.45) is 1.27. The van der Waals surface area contributed by atoms with Crippen molar-refractivity contribution in [3.8, 4) is 0 Å². The molecular formula is C13H15NO3S2. The minimum Gasteiger partial charge on any atom is -0.351 e. The number of carbonyl (C=O) groups excluding carboxylic acids is 1. The van der Waals surface area contributed by atoms with Crippen LogP contribution in [-0.4, -0.2) is 37.1 Å². The molecule has 0 aliphatic carbocycles. The predicted octanol–water partition coefficient (Wildman–Crippen LogP) is 1.01. The number of sulfone groups is 1. The second-order valence-corrected chi connectivity index (χ2v) is 8.50. The molecule has 1 aromatic rings. The molecule has 1 N–H and O–H groups in total. The van der Waals surface area contributed by atoms with E-state index in [1.54, 1.807) is 11.8 Å². The van der Waals surface area contributed by atoms with Gasteiger partial charge in [-0.1, -0.05) is 18.2 Å². The zero-order valence-corrected chi connectivity index (χ0v) is 12.0. The number of hydrogen-bond acceptors (Lipinski definition) is 4. The van der Waals surface area contributed by atoms with E-state index in [0.29, 0.717) is 6.42 Å². The van der Waals surface area contributed by atoms with E-state index in [4.69, 9.17) is 0 Å². The van der Waals surface area contributed by atoms with Gasteiger partial charge in [-0.3, -0.25) is 4.79 Å². The summed E-state index contributed by atoms with van der Waals surface area (Å²) in [5.41, 5.74) is 1.20. The lowest BCUT2D eigenvalue weighted by Gasteiger charge is -2.14. The summed E-state index contributed by atoms with van der Waals surface area (Å²) < 4.78 is 22.7. The predicted molar refractivity (Wildman–Crippen MR) is 75.0 cm³/mol. The molecule has 6 heteroatoms. The number of nitrogens with one attached hydrogen (secondary N) is 1. The van der Waals surface area contributed by atoms with E-state index in [0.717, 1.165) is 11.3 Å². The normalized spacial score (nSPS) is 28.0. The topological polar surface area (TPSA) is 63.2 Å². The maximum atomic E-state index is 12.2. The highest BCUT2D eigenvalue weighted by Crippen LogP contribution is 2.36. The Labute approximate surface area is 116 Å². The first kappa shape index (κ1) is 13.0. The van der Waals surface area contributed by atoms with Gasteiger partial charge in [-0.25, -0.2) is 8.42 Å². The van der Waals surface area contributed by atoms with E-state index in [2.05, 4.69) is 5.32 Å². The molecular weight excluding hydrogens is 282 g/mol. The average Bonchev–Trinajstić information content (AvgIpc) is 2.92. The van der Waals surface area contributed by atoms with Crippen molar-refractivity contribution >= 4 is 27.5 Å². The zero-order valence-electron chi connectivity index (χ0n) is 10.3. The molecule has 2 aliphatic heterocycles. The van der Waals surface area contributed by atoms with Crippen LogP contribution >= 0.6 is 11.8 Å². The van der Waals surface area contributed by atoms with Crippen LogP contribution in [0.1, 0.15) is 12.0 Å². The van der Waals surface area contributed by atoms with Gasteiger partial charge in [0.05, 0.1) is 16.8 Å². The largest absolute Gasteiger partial charge is 0.351 e. The fourth-order valence-corrected chi connectivity index (χ4v) is 5.41. The van der Waals surface area contributed by atoms with Gasteiger partial charge in [-0.2, -0.15) is 0 Å². The van der Waals surface area contributed by atoms with Gasteiger partial charge in [0.15, 0.2) is 9.84 Å². The molecule has 0 saturated carbocycles. The molecule has 0 bridgehead atoms. The van der Waals surface area contributed by atoms with E-state index in [-0.39, 0.29) is 28.7 Å². The number of hydrogen-bond donors (Lipinski definition) is 1. The fourth-order valence-electron chi connectivity index (χ4n) is 2.53. The maximum absolute atomic E-state index is 12.2. The highest BCUT2D eigenvalue weighted by atomic mass is 32.2. The first-order valence-corrected chi connectivity index (χ1v) is 8.99. The van der Waals surface area contributed by atoms with Crippen LogP contribution < -0.4 is 5.32 Å². The lowest BCUT2D eigenvalue weighted by Crippen LogP contribution is -2.40. The summed E-state index contributed by atoms with van der Waals surface area (Å²) in [6, 6.07) is 7.80. The van der Waals surface area contributed by atoms with Crippen LogP contribution in [0, 0.1) is 0 Å². The van der Waals surface area contributed by atoms with Crippen molar-refractivity contribution in [2.24, 2.45) is 0 Å². The summed E-state index contributed by atoms with van der Waals surface area (Å²) in [5.74, 6) is 0.238. The van der Waals surface area contributed by atoms with Crippen molar-refractivity contribution in [1.29, 1.82) is 0 Å². The second-order valence-electron chi connectivity index (χ2n) is 5.03. The van der Waals surface area contributed by atoms with Crippen molar-refractivity contribution < 1.29 is 13.2 Å². The van der Waals surface area contributed by atoms with Gasteiger partial charge >= 0.3 is 0 Å². The van der Waals surface area contributed by atoms with Crippen molar-refractivity contribution in [1.82, 2.24) is 5.32 Å². The maximum Gasteiger partial charge on any atom is 0.234 e. The van der Waals surface area contributed by atoms with Crippen molar-refractivity contribution in [2.45, 2.75) is 29.0 Å². The summed E-state index contributed by atoms with van der Waals surface area (Å²) >= 11 is 1.57. The standard InChI is InChI=1S/C13H15NO3S2/c15-13(14-10-5-6-19(16,17)8-10)12-7-9-3-1-2-4-11(9)18-12/h1-4,10,12H,5-8H2,(H,14,15)/t10-,12-/m1/s1. The van der Waals surface area contributed by atoms with E-state index in [1.807, 2.05) is 24.3 Å². The third kappa shape index (κ3) is 2.79. The van der Waals surface area contributed by atoms with Gasteiger partial charge < -0.3 is 5.32 Å². The first-order valence-electron chi connectivity index (χ1n) is 6.29. The Morgan fingerprint density at radius 2 is 2.11 bits per heavy atom. The van der Waals surface area contributed by atoms with Crippen LogP contribution in [0.2, 0.25) is 0 Å². The lowest BCUT2D eigenvalue weighted by atomic mass is 10.1. The number of amides is 1. The van der Waals surface area contributed by atoms with Crippen LogP contribution in [-0.2, 0) is 21.1 Å². The molecule has 1 amide bonds. The molecule has 19 heavy (non-hydrogen) atoms. The van der Waals surface area contributed by atoms with Crippen molar-refractivity contribution in [3.63, 3.8) is 0 Å². The van der Waals surface area contributed by atoms with Crippen LogP contribution in [0.4, 0.5) is 0 Å². The molecule has 3 rings (SSSR count). The Hall–Kier alpha value is -1.01. The van der Waals surface area contributed by atoms with Gasteiger partial charge in [0.25, 0.3) is 0 Å². The Morgan fingerprint density at radius 3 is 2.79 bits per heavy atom. The fraction of sp³-hybridized carbons (Fsp3) is 0.462. The Bertz CT molecular complexity index is 587. The summed E-state index contributed by atoms with van der Waals surface area (Å²) in [5, 5.41) is 2.75. The van der Waals surface area contributed by atoms with E-state index in [1.165, 1.54) is 5.56 Å². The third-order valence-corrected chi connectivity index (χ3v) is 6.60. The smallest absolute Gasteiger partial charge is 0.234 e. The SMILES string of the molecule is O=C(N[C@@H]1CCS(=O)(=O)C1)[C@H]1Cc2ccccc2S1. The quantitative estimate of drug-likeness (QED) is 0.885. The Balaban J connectivity index is 1.62. The highest BCUT2D eigenvalue weighted by molar-refractivity contribution is 8.01. The third-order valence-electron chi connectivity index (χ3n) is 3.52. The highest BCUT2D eigenvalue weighted by Gasteiger charge is 2.33. The average molecular weight is 297 g/mol. The number of fused-ring (bicyclic) bond motifs is 1. The molecule has 2 atom stereocenters. The Kier molecular flexibility index (Phi) is 3.30. The molecule has 4 nitrogen and oxygen atoms in total. The molecule has 0 spiro atoms. The van der Waals surface area contributed by atoms with Gasteiger partial charge in [0, 0.05) is 10.9 Å². The summed E-state index contributed by atoms with van der Waals surface area (Å²) in [6.45, 7) is 0. The van der Waals surface area contributed by atoms with Crippen LogP contribution in [0.3, 0.4) is 0 Å². The van der Waals surface area contributed by atoms with Gasteiger partial charge in [0.1, 0.15) is 0 Å². The monoisotopic (exact) mass is 297 g/mol. The van der Waals surface area contributed by atoms with Crippen molar-refractivity contribution in [2.75, 3.05) is 11.5 Å². The zero-order chi connectivity index (χ0) is 13.5. The summed E-state index contributed by atoms with van der Waals surface area (Å²) in [4.78, 5) is 13.3. The number of thioether (sulfide) groups is 1. The van der Waals surface area contributed by atoms with E-state index >= 15 is 0 Å². The number of benzene rings is 1. The molecule has 1 fully saturated rings. The number of rotatable bonds is 2. The van der Waals surface area contributed by atoms with Crippen molar-refractivity contribution in [3.05, 3.63) is 29.8 Å². The van der Waals surface area contributed by atoms with E-state index < -0.39 is 9.84 Å². The molecule has 0 aromatic heterocycles. The van der Waals surface area contributed by atoms with Gasteiger partial charge in [0.2, 0.25) is 5.91 Å². The second kappa shape index (κ2) is 4.83. The number of carbonyl (C=O) groups is 1. The molecule has 2 heterocycles. The van der Waals surface area contributed by atoms with Gasteiger partial charge in [-0.05, 0) is 24.5 Å². The molecule has 1 saturated heterocycles. The van der Waals surface area contributed by atoms with E-state index in [9.17, 15) is 13.2 Å². The first-order chi connectivity index (χ1) is 9.03. The minimum atomic E-state index is -2.94. The van der Waals surface area contributed by atoms with Crippen LogP contribution in [0.5, 0.6) is 0 Å². The molecule has 1 aromatic carbocycles. The minimum absolute atomic E-state index is 0.0386.